The highest BCUT2D eigenvalue weighted by molar-refractivity contribution is 5.12. The number of ether oxygens (including phenoxy) is 1. The molecule has 3 unspecified atom stereocenters. The maximum atomic E-state index is 9.37. The summed E-state index contributed by atoms with van der Waals surface area (Å²) < 4.78 is 5.84. The van der Waals surface area contributed by atoms with Crippen LogP contribution < -0.4 is 5.32 Å². The Hall–Kier alpha value is -0.160. The summed E-state index contributed by atoms with van der Waals surface area (Å²) in [5.41, 5.74) is -0.513. The van der Waals surface area contributed by atoms with E-state index in [1.54, 1.807) is 0 Å². The molecule has 1 aliphatic heterocycles. The lowest BCUT2D eigenvalue weighted by molar-refractivity contribution is -0.199. The van der Waals surface area contributed by atoms with Gasteiger partial charge in [0.1, 0.15) is 0 Å². The van der Waals surface area contributed by atoms with Crippen LogP contribution in [-0.2, 0) is 4.74 Å². The number of rotatable bonds is 4. The maximum absolute atomic E-state index is 9.37. The molecule has 2 fully saturated rings. The van der Waals surface area contributed by atoms with E-state index in [0.717, 1.165) is 13.0 Å². The van der Waals surface area contributed by atoms with Gasteiger partial charge in [-0.05, 0) is 19.8 Å². The molecule has 1 saturated carbocycles. The van der Waals surface area contributed by atoms with Crippen LogP contribution in [0.15, 0.2) is 0 Å². The molecule has 0 spiro atoms. The second kappa shape index (κ2) is 4.50. The first-order chi connectivity index (χ1) is 7.94. The van der Waals surface area contributed by atoms with Crippen LogP contribution in [0, 0.1) is 11.3 Å². The van der Waals surface area contributed by atoms with Crippen LogP contribution in [0.25, 0.3) is 0 Å². The van der Waals surface area contributed by atoms with Crippen LogP contribution in [0.2, 0.25) is 0 Å². The number of fused-ring (bicyclic) bond motifs is 1. The lowest BCUT2D eigenvalue weighted by atomic mass is 9.55. The van der Waals surface area contributed by atoms with Crippen molar-refractivity contribution >= 4 is 0 Å². The van der Waals surface area contributed by atoms with Crippen LogP contribution in [0.1, 0.15) is 33.6 Å². The van der Waals surface area contributed by atoms with Gasteiger partial charge in [-0.25, -0.2) is 0 Å². The minimum absolute atomic E-state index is 0.0473. The third-order valence-electron chi connectivity index (χ3n) is 4.53. The first-order valence-electron chi connectivity index (χ1n) is 6.55. The van der Waals surface area contributed by atoms with Gasteiger partial charge in [0.25, 0.3) is 0 Å². The van der Waals surface area contributed by atoms with Crippen molar-refractivity contribution in [2.75, 3.05) is 19.8 Å². The first-order valence-corrected chi connectivity index (χ1v) is 6.55. The number of hydrogen-bond donors (Lipinski definition) is 3. The van der Waals surface area contributed by atoms with Gasteiger partial charge in [0.15, 0.2) is 0 Å². The van der Waals surface area contributed by atoms with Gasteiger partial charge in [-0.15, -0.1) is 0 Å². The zero-order valence-corrected chi connectivity index (χ0v) is 11.1. The molecule has 4 nitrogen and oxygen atoms in total. The van der Waals surface area contributed by atoms with E-state index in [1.807, 2.05) is 6.92 Å². The van der Waals surface area contributed by atoms with Crippen molar-refractivity contribution in [3.05, 3.63) is 0 Å². The molecule has 3 atom stereocenters. The van der Waals surface area contributed by atoms with Crippen molar-refractivity contribution in [1.29, 1.82) is 0 Å². The number of hydrogen-bond acceptors (Lipinski definition) is 4. The molecule has 0 amide bonds. The zero-order valence-electron chi connectivity index (χ0n) is 11.1. The fraction of sp³-hybridized carbons (Fsp3) is 1.00. The Morgan fingerprint density at radius 2 is 2.00 bits per heavy atom. The monoisotopic (exact) mass is 243 g/mol. The topological polar surface area (TPSA) is 61.7 Å². The van der Waals surface area contributed by atoms with Crippen LogP contribution in [-0.4, -0.2) is 47.7 Å². The Balaban J connectivity index is 2.05. The van der Waals surface area contributed by atoms with Crippen LogP contribution in [0.4, 0.5) is 0 Å². The third kappa shape index (κ3) is 2.12. The predicted octanol–water partition coefficient (Wildman–Crippen LogP) is 0.523. The highest BCUT2D eigenvalue weighted by Crippen LogP contribution is 2.51. The van der Waals surface area contributed by atoms with Crippen molar-refractivity contribution in [3.63, 3.8) is 0 Å². The molecule has 1 saturated heterocycles. The zero-order chi connectivity index (χ0) is 12.7. The summed E-state index contributed by atoms with van der Waals surface area (Å²) in [7, 11) is 0. The molecule has 0 radical (unpaired) electrons. The average molecular weight is 243 g/mol. The van der Waals surface area contributed by atoms with Crippen molar-refractivity contribution in [1.82, 2.24) is 5.32 Å². The Morgan fingerprint density at radius 3 is 2.59 bits per heavy atom. The van der Waals surface area contributed by atoms with Gasteiger partial charge in [0.2, 0.25) is 0 Å². The molecule has 1 heterocycles. The molecule has 0 aromatic carbocycles. The summed E-state index contributed by atoms with van der Waals surface area (Å²) >= 11 is 0. The van der Waals surface area contributed by atoms with E-state index in [2.05, 4.69) is 19.2 Å². The van der Waals surface area contributed by atoms with Crippen LogP contribution in [0.5, 0.6) is 0 Å². The Kier molecular flexibility index (Phi) is 3.51. The average Bonchev–Trinajstić information content (AvgIpc) is 2.36. The molecular weight excluding hydrogens is 218 g/mol. The van der Waals surface area contributed by atoms with Crippen LogP contribution in [0.3, 0.4) is 0 Å². The molecule has 0 aromatic rings. The Labute approximate surface area is 103 Å². The van der Waals surface area contributed by atoms with Crippen molar-refractivity contribution in [2.45, 2.75) is 51.3 Å². The largest absolute Gasteiger partial charge is 0.394 e. The second-order valence-corrected chi connectivity index (χ2v) is 6.42. The highest BCUT2D eigenvalue weighted by Gasteiger charge is 2.58. The maximum Gasteiger partial charge on any atom is 0.0684 e. The van der Waals surface area contributed by atoms with Crippen molar-refractivity contribution in [3.8, 4) is 0 Å². The van der Waals surface area contributed by atoms with Gasteiger partial charge in [0.05, 0.1) is 24.9 Å². The number of aliphatic hydroxyl groups excluding tert-OH is 2. The van der Waals surface area contributed by atoms with E-state index in [4.69, 9.17) is 4.74 Å². The first kappa shape index (κ1) is 13.3. The summed E-state index contributed by atoms with van der Waals surface area (Å²) in [6.45, 7) is 7.04. The standard InChI is InChI=1S/C13H25NO3/c1-12(2)10(14-13(3,7-15)8-16)9-5-4-6-17-11(9)12/h9-11,14-16H,4-8H2,1-3H3. The SMILES string of the molecule is CC(CO)(CO)NC1C2CCCOC2C1(C)C. The third-order valence-corrected chi connectivity index (χ3v) is 4.53. The summed E-state index contributed by atoms with van der Waals surface area (Å²) in [5.74, 6) is 0.524. The van der Waals surface area contributed by atoms with E-state index >= 15 is 0 Å². The fourth-order valence-electron chi connectivity index (χ4n) is 3.33. The van der Waals surface area contributed by atoms with Gasteiger partial charge < -0.3 is 20.3 Å². The summed E-state index contributed by atoms with van der Waals surface area (Å²) in [4.78, 5) is 0. The van der Waals surface area contributed by atoms with E-state index in [1.165, 1.54) is 6.42 Å². The summed E-state index contributed by atoms with van der Waals surface area (Å²) in [6.07, 6.45) is 2.62. The van der Waals surface area contributed by atoms with Crippen molar-refractivity contribution in [2.24, 2.45) is 11.3 Å². The molecular formula is C13H25NO3. The van der Waals surface area contributed by atoms with Crippen molar-refractivity contribution < 1.29 is 14.9 Å². The minimum atomic E-state index is -0.593. The van der Waals surface area contributed by atoms with Gasteiger partial charge in [-0.3, -0.25) is 0 Å². The molecule has 100 valence electrons. The van der Waals surface area contributed by atoms with E-state index in [9.17, 15) is 10.2 Å². The molecule has 0 bridgehead atoms. The molecule has 2 aliphatic rings. The lowest BCUT2D eigenvalue weighted by Crippen LogP contribution is -2.73. The molecule has 4 heteroatoms. The van der Waals surface area contributed by atoms with Gasteiger partial charge in [-0.2, -0.15) is 0 Å². The van der Waals surface area contributed by atoms with Gasteiger partial charge >= 0.3 is 0 Å². The summed E-state index contributed by atoms with van der Waals surface area (Å²) in [6, 6.07) is 0.317. The van der Waals surface area contributed by atoms with E-state index in [-0.39, 0.29) is 18.6 Å². The number of aliphatic hydroxyl groups is 2. The smallest absolute Gasteiger partial charge is 0.0684 e. The molecule has 1 aliphatic carbocycles. The van der Waals surface area contributed by atoms with Crippen LogP contribution >= 0.6 is 0 Å². The molecule has 2 rings (SSSR count). The number of nitrogens with one attached hydrogen (secondary N) is 1. The van der Waals surface area contributed by atoms with E-state index in [0.29, 0.717) is 18.1 Å². The fourth-order valence-corrected chi connectivity index (χ4v) is 3.33. The van der Waals surface area contributed by atoms with Gasteiger partial charge in [-0.1, -0.05) is 13.8 Å². The minimum Gasteiger partial charge on any atom is -0.394 e. The van der Waals surface area contributed by atoms with E-state index < -0.39 is 5.54 Å². The molecule has 17 heavy (non-hydrogen) atoms. The highest BCUT2D eigenvalue weighted by atomic mass is 16.5. The lowest BCUT2D eigenvalue weighted by Gasteiger charge is -2.61. The molecule has 0 aromatic heterocycles. The second-order valence-electron chi connectivity index (χ2n) is 6.42. The van der Waals surface area contributed by atoms with Gasteiger partial charge in [0, 0.05) is 24.0 Å². The normalized spacial score (nSPS) is 36.2. The predicted molar refractivity (Wildman–Crippen MR) is 65.7 cm³/mol. The summed E-state index contributed by atoms with van der Waals surface area (Å²) in [5, 5.41) is 22.2. The Morgan fingerprint density at radius 1 is 1.35 bits per heavy atom. The quantitative estimate of drug-likeness (QED) is 0.674. The Bertz CT molecular complexity index is 276. The molecule has 3 N–H and O–H groups in total.